The third-order valence-corrected chi connectivity index (χ3v) is 4.11. The zero-order chi connectivity index (χ0) is 12.6. The summed E-state index contributed by atoms with van der Waals surface area (Å²) in [4.78, 5) is 2.37. The smallest absolute Gasteiger partial charge is 0.0776 e. The molecule has 0 aliphatic carbocycles. The van der Waals surface area contributed by atoms with E-state index in [4.69, 9.17) is 11.6 Å². The Morgan fingerprint density at radius 3 is 2.35 bits per heavy atom. The van der Waals surface area contributed by atoms with Gasteiger partial charge < -0.3 is 10.0 Å². The molecule has 0 saturated carbocycles. The fraction of sp³-hybridized carbons (Fsp3) is 0.571. The summed E-state index contributed by atoms with van der Waals surface area (Å²) >= 11 is 6.19. The predicted molar refractivity (Wildman–Crippen MR) is 72.6 cm³/mol. The highest BCUT2D eigenvalue weighted by Crippen LogP contribution is 2.32. The Balaban J connectivity index is 2.21. The van der Waals surface area contributed by atoms with Crippen LogP contribution in [0, 0.1) is 11.8 Å². The van der Waals surface area contributed by atoms with Crippen molar-refractivity contribution in [3.63, 3.8) is 0 Å². The second-order valence-electron chi connectivity index (χ2n) is 5.24. The van der Waals surface area contributed by atoms with E-state index in [9.17, 15) is 5.11 Å². The maximum absolute atomic E-state index is 9.55. The minimum Gasteiger partial charge on any atom is -0.389 e. The number of nitrogens with zero attached hydrogens (tertiary/aromatic N) is 1. The molecule has 1 saturated heterocycles. The van der Waals surface area contributed by atoms with Crippen molar-refractivity contribution >= 4 is 17.3 Å². The van der Waals surface area contributed by atoms with Crippen LogP contribution in [0.3, 0.4) is 0 Å². The van der Waals surface area contributed by atoms with Crippen LogP contribution in [0.4, 0.5) is 5.69 Å². The Labute approximate surface area is 108 Å². The fourth-order valence-electron chi connectivity index (χ4n) is 2.39. The Bertz CT molecular complexity index is 395. The number of anilines is 1. The monoisotopic (exact) mass is 253 g/mol. The largest absolute Gasteiger partial charge is 0.389 e. The van der Waals surface area contributed by atoms with Crippen molar-refractivity contribution in [2.45, 2.75) is 26.9 Å². The molecule has 2 rings (SSSR count). The van der Waals surface area contributed by atoms with Gasteiger partial charge in [0.25, 0.3) is 0 Å². The van der Waals surface area contributed by atoms with Crippen molar-refractivity contribution in [1.82, 2.24) is 0 Å². The third-order valence-electron chi connectivity index (χ3n) is 3.79. The first-order valence-electron chi connectivity index (χ1n) is 6.21. The van der Waals surface area contributed by atoms with E-state index in [2.05, 4.69) is 24.8 Å². The Kier molecular flexibility index (Phi) is 3.64. The van der Waals surface area contributed by atoms with Gasteiger partial charge in [0.15, 0.2) is 0 Å². The summed E-state index contributed by atoms with van der Waals surface area (Å²) in [7, 11) is 0. The third kappa shape index (κ3) is 2.58. The van der Waals surface area contributed by atoms with Gasteiger partial charge in [0.2, 0.25) is 0 Å². The number of hydrogen-bond donors (Lipinski definition) is 1. The molecular formula is C14H20ClNO. The average molecular weight is 254 g/mol. The van der Waals surface area contributed by atoms with Crippen LogP contribution in [0.2, 0.25) is 5.02 Å². The number of halogens is 1. The Morgan fingerprint density at radius 2 is 1.88 bits per heavy atom. The van der Waals surface area contributed by atoms with E-state index in [0.29, 0.717) is 5.02 Å². The van der Waals surface area contributed by atoms with Gasteiger partial charge in [-0.2, -0.15) is 0 Å². The second-order valence-corrected chi connectivity index (χ2v) is 5.65. The lowest BCUT2D eigenvalue weighted by atomic mass is 10.0. The van der Waals surface area contributed by atoms with E-state index in [1.807, 2.05) is 12.1 Å². The normalized spacial score (nSPS) is 26.3. The molecule has 17 heavy (non-hydrogen) atoms. The van der Waals surface area contributed by atoms with E-state index >= 15 is 0 Å². The fourth-order valence-corrected chi connectivity index (χ4v) is 2.72. The molecular weight excluding hydrogens is 234 g/mol. The molecule has 3 heteroatoms. The lowest BCUT2D eigenvalue weighted by Gasteiger charge is -2.20. The molecule has 0 radical (unpaired) electrons. The zero-order valence-corrected chi connectivity index (χ0v) is 11.4. The first-order chi connectivity index (χ1) is 7.99. The molecule has 1 heterocycles. The minimum absolute atomic E-state index is 0.507. The first kappa shape index (κ1) is 12.7. The van der Waals surface area contributed by atoms with Crippen LogP contribution in [0.1, 0.15) is 32.4 Å². The SMILES string of the molecule is CC(O)c1ccc(N2CC(C)C(C)C2)cc1Cl. The van der Waals surface area contributed by atoms with Crippen molar-refractivity contribution in [1.29, 1.82) is 0 Å². The van der Waals surface area contributed by atoms with Gasteiger partial charge in [-0.25, -0.2) is 0 Å². The van der Waals surface area contributed by atoms with Crippen LogP contribution in [0.25, 0.3) is 0 Å². The number of aliphatic hydroxyl groups excluding tert-OH is 1. The highest BCUT2D eigenvalue weighted by molar-refractivity contribution is 6.31. The van der Waals surface area contributed by atoms with Gasteiger partial charge in [-0.1, -0.05) is 31.5 Å². The minimum atomic E-state index is -0.507. The topological polar surface area (TPSA) is 23.5 Å². The van der Waals surface area contributed by atoms with Crippen LogP contribution >= 0.6 is 11.6 Å². The molecule has 0 aromatic heterocycles. The lowest BCUT2D eigenvalue weighted by Crippen LogP contribution is -2.19. The van der Waals surface area contributed by atoms with E-state index in [1.54, 1.807) is 6.92 Å². The summed E-state index contributed by atoms with van der Waals surface area (Å²) in [6, 6.07) is 5.95. The van der Waals surface area contributed by atoms with Crippen molar-refractivity contribution in [2.24, 2.45) is 11.8 Å². The van der Waals surface area contributed by atoms with Gasteiger partial charge in [0, 0.05) is 23.8 Å². The Hall–Kier alpha value is -0.730. The molecule has 3 unspecified atom stereocenters. The van der Waals surface area contributed by atoms with Crippen LogP contribution in [-0.2, 0) is 0 Å². The molecule has 94 valence electrons. The molecule has 0 bridgehead atoms. The van der Waals surface area contributed by atoms with E-state index in [-0.39, 0.29) is 0 Å². The average Bonchev–Trinajstić information content (AvgIpc) is 2.58. The Morgan fingerprint density at radius 1 is 1.29 bits per heavy atom. The van der Waals surface area contributed by atoms with Crippen molar-refractivity contribution < 1.29 is 5.11 Å². The summed E-state index contributed by atoms with van der Waals surface area (Å²) in [5.74, 6) is 1.45. The molecule has 1 fully saturated rings. The van der Waals surface area contributed by atoms with Gasteiger partial charge in [-0.3, -0.25) is 0 Å². The summed E-state index contributed by atoms with van der Waals surface area (Å²) in [5.41, 5.74) is 1.96. The molecule has 1 N–H and O–H groups in total. The molecule has 1 aromatic carbocycles. The summed E-state index contributed by atoms with van der Waals surface area (Å²) in [6.45, 7) is 8.49. The quantitative estimate of drug-likeness (QED) is 0.872. The number of hydrogen-bond acceptors (Lipinski definition) is 2. The maximum Gasteiger partial charge on any atom is 0.0776 e. The molecule has 1 aliphatic heterocycles. The zero-order valence-electron chi connectivity index (χ0n) is 10.7. The number of benzene rings is 1. The van der Waals surface area contributed by atoms with Crippen LogP contribution in [0.5, 0.6) is 0 Å². The van der Waals surface area contributed by atoms with Crippen LogP contribution in [-0.4, -0.2) is 18.2 Å². The maximum atomic E-state index is 9.55. The van der Waals surface area contributed by atoms with Gasteiger partial charge in [-0.05, 0) is 36.5 Å². The van der Waals surface area contributed by atoms with Gasteiger partial charge in [0.1, 0.15) is 0 Å². The van der Waals surface area contributed by atoms with E-state index < -0.39 is 6.10 Å². The molecule has 2 nitrogen and oxygen atoms in total. The highest BCUT2D eigenvalue weighted by Gasteiger charge is 2.26. The molecule has 1 aromatic rings. The lowest BCUT2D eigenvalue weighted by molar-refractivity contribution is 0.199. The summed E-state index contributed by atoms with van der Waals surface area (Å²) in [6.07, 6.45) is -0.507. The summed E-state index contributed by atoms with van der Waals surface area (Å²) in [5, 5.41) is 10.2. The first-order valence-corrected chi connectivity index (χ1v) is 6.59. The molecule has 0 amide bonds. The van der Waals surface area contributed by atoms with E-state index in [0.717, 1.165) is 36.2 Å². The molecule has 1 aliphatic rings. The van der Waals surface area contributed by atoms with Crippen LogP contribution in [0.15, 0.2) is 18.2 Å². The summed E-state index contributed by atoms with van der Waals surface area (Å²) < 4.78 is 0. The van der Waals surface area contributed by atoms with Gasteiger partial charge in [0.05, 0.1) is 6.10 Å². The number of rotatable bonds is 2. The van der Waals surface area contributed by atoms with Crippen molar-refractivity contribution in [2.75, 3.05) is 18.0 Å². The van der Waals surface area contributed by atoms with Gasteiger partial charge in [-0.15, -0.1) is 0 Å². The molecule has 0 spiro atoms. The molecule has 3 atom stereocenters. The van der Waals surface area contributed by atoms with E-state index in [1.165, 1.54) is 0 Å². The number of aliphatic hydroxyl groups is 1. The highest BCUT2D eigenvalue weighted by atomic mass is 35.5. The van der Waals surface area contributed by atoms with Crippen molar-refractivity contribution in [3.05, 3.63) is 28.8 Å². The van der Waals surface area contributed by atoms with Gasteiger partial charge >= 0.3 is 0 Å². The second kappa shape index (κ2) is 4.87. The van der Waals surface area contributed by atoms with Crippen molar-refractivity contribution in [3.8, 4) is 0 Å². The standard InChI is InChI=1S/C14H20ClNO/c1-9-7-16(8-10(9)2)12-4-5-13(11(3)17)14(15)6-12/h4-6,9-11,17H,7-8H2,1-3H3. The predicted octanol–water partition coefficient (Wildman–Crippen LogP) is 3.49. The van der Waals surface area contributed by atoms with Crippen LogP contribution < -0.4 is 4.90 Å².